The summed E-state index contributed by atoms with van der Waals surface area (Å²) < 4.78 is 16.7. The molecule has 5 rings (SSSR count). The van der Waals surface area contributed by atoms with Crippen LogP contribution in [0.2, 0.25) is 0 Å². The second-order valence-electron chi connectivity index (χ2n) is 7.59. The molecule has 142 valence electrons. The predicted molar refractivity (Wildman–Crippen MR) is 105 cm³/mol. The van der Waals surface area contributed by atoms with Gasteiger partial charge in [0.25, 0.3) is 5.56 Å². The van der Waals surface area contributed by atoms with Crippen molar-refractivity contribution in [2.75, 3.05) is 0 Å². The number of nitrogens with zero attached hydrogens (tertiary/aromatic N) is 5. The smallest absolute Gasteiger partial charge is 0.280 e. The lowest BCUT2D eigenvalue weighted by atomic mass is 9.85. The van der Waals surface area contributed by atoms with Crippen molar-refractivity contribution in [3.8, 4) is 11.1 Å². The van der Waals surface area contributed by atoms with E-state index in [0.717, 1.165) is 30.4 Å². The third-order valence-corrected chi connectivity index (χ3v) is 5.87. The molecule has 0 amide bonds. The first-order valence-corrected chi connectivity index (χ1v) is 9.64. The van der Waals surface area contributed by atoms with Crippen LogP contribution >= 0.6 is 0 Å². The first-order chi connectivity index (χ1) is 13.6. The molecule has 1 fully saturated rings. The van der Waals surface area contributed by atoms with Crippen molar-refractivity contribution >= 4 is 16.7 Å². The Morgan fingerprint density at radius 2 is 1.86 bits per heavy atom. The van der Waals surface area contributed by atoms with Crippen LogP contribution in [0.5, 0.6) is 0 Å². The van der Waals surface area contributed by atoms with Gasteiger partial charge in [-0.3, -0.25) is 4.79 Å². The van der Waals surface area contributed by atoms with Gasteiger partial charge in [-0.1, -0.05) is 31.9 Å². The lowest BCUT2D eigenvalue weighted by Gasteiger charge is -2.30. The Bertz CT molecular complexity index is 1230. The molecule has 0 unspecified atom stereocenters. The van der Waals surface area contributed by atoms with Crippen LogP contribution < -0.4 is 5.56 Å². The lowest BCUT2D eigenvalue weighted by Crippen LogP contribution is -2.31. The summed E-state index contributed by atoms with van der Waals surface area (Å²) in [5.41, 5.74) is 2.92. The first kappa shape index (κ1) is 17.0. The van der Waals surface area contributed by atoms with E-state index in [2.05, 4.69) is 22.2 Å². The van der Waals surface area contributed by atoms with E-state index in [1.54, 1.807) is 22.8 Å². The zero-order valence-corrected chi connectivity index (χ0v) is 15.5. The first-order valence-electron chi connectivity index (χ1n) is 9.64. The van der Waals surface area contributed by atoms with E-state index in [-0.39, 0.29) is 17.4 Å². The molecule has 0 radical (unpaired) electrons. The van der Waals surface area contributed by atoms with Gasteiger partial charge in [0.2, 0.25) is 0 Å². The molecule has 3 aromatic heterocycles. The van der Waals surface area contributed by atoms with Crippen LogP contribution in [0.25, 0.3) is 27.8 Å². The van der Waals surface area contributed by atoms with Crippen LogP contribution in [0.4, 0.5) is 4.39 Å². The van der Waals surface area contributed by atoms with Crippen LogP contribution in [0, 0.1) is 11.7 Å². The van der Waals surface area contributed by atoms with E-state index in [1.165, 1.54) is 18.6 Å². The molecule has 3 heterocycles. The van der Waals surface area contributed by atoms with Gasteiger partial charge < -0.3 is 4.57 Å². The molecule has 1 aliphatic carbocycles. The number of hydrogen-bond acceptors (Lipinski definition) is 4. The fourth-order valence-corrected chi connectivity index (χ4v) is 4.31. The molecule has 2 atom stereocenters. The average Bonchev–Trinajstić information content (AvgIpc) is 3.14. The Labute approximate surface area is 160 Å². The Morgan fingerprint density at radius 3 is 2.64 bits per heavy atom. The molecule has 0 saturated heterocycles. The van der Waals surface area contributed by atoms with E-state index in [1.807, 2.05) is 16.8 Å². The van der Waals surface area contributed by atoms with Crippen molar-refractivity contribution in [3.63, 3.8) is 0 Å². The number of rotatable bonds is 2. The van der Waals surface area contributed by atoms with Crippen molar-refractivity contribution in [2.45, 2.75) is 38.6 Å². The molecule has 1 saturated carbocycles. The lowest BCUT2D eigenvalue weighted by molar-refractivity contribution is 0.253. The number of fused-ring (bicyclic) bond motifs is 3. The molecule has 1 aromatic carbocycles. The molecule has 0 spiro atoms. The standard InChI is InChI=1S/C21H20FN5O/c1-13-4-2-3-5-17(13)26-11-10-18-19(21(26)28)24-25-20-16(12-23-27(18)20)14-6-8-15(22)9-7-14/h6-13,17H,2-5H2,1H3/t13-,17-/m0/s1. The topological polar surface area (TPSA) is 65.1 Å². The van der Waals surface area contributed by atoms with Crippen molar-refractivity contribution in [3.05, 3.63) is 58.9 Å². The summed E-state index contributed by atoms with van der Waals surface area (Å²) in [5.74, 6) is 0.171. The Morgan fingerprint density at radius 1 is 1.07 bits per heavy atom. The zero-order valence-electron chi connectivity index (χ0n) is 15.5. The van der Waals surface area contributed by atoms with Gasteiger partial charge in [0, 0.05) is 17.8 Å². The SMILES string of the molecule is C[C@H]1CCCC[C@@H]1n1ccc2c(nnc3c(-c4ccc(F)cc4)cnn32)c1=O. The predicted octanol–water partition coefficient (Wildman–Crippen LogP) is 4.00. The molecule has 7 heteroatoms. The maximum absolute atomic E-state index is 13.2. The van der Waals surface area contributed by atoms with E-state index >= 15 is 0 Å². The van der Waals surface area contributed by atoms with Crippen LogP contribution in [0.3, 0.4) is 0 Å². The minimum Gasteiger partial charge on any atom is -0.310 e. The summed E-state index contributed by atoms with van der Waals surface area (Å²) in [6.45, 7) is 2.21. The van der Waals surface area contributed by atoms with E-state index in [9.17, 15) is 9.18 Å². The highest BCUT2D eigenvalue weighted by molar-refractivity contribution is 5.82. The molecule has 4 aromatic rings. The number of pyridine rings is 1. The number of halogens is 1. The fourth-order valence-electron chi connectivity index (χ4n) is 4.31. The molecule has 0 aliphatic heterocycles. The van der Waals surface area contributed by atoms with Crippen molar-refractivity contribution in [1.82, 2.24) is 24.4 Å². The van der Waals surface area contributed by atoms with Gasteiger partial charge in [0.1, 0.15) is 11.3 Å². The maximum atomic E-state index is 13.2. The average molecular weight is 377 g/mol. The monoisotopic (exact) mass is 377 g/mol. The van der Waals surface area contributed by atoms with Gasteiger partial charge in [-0.15, -0.1) is 10.2 Å². The summed E-state index contributed by atoms with van der Waals surface area (Å²) >= 11 is 0. The third-order valence-electron chi connectivity index (χ3n) is 5.87. The van der Waals surface area contributed by atoms with E-state index < -0.39 is 0 Å². The van der Waals surface area contributed by atoms with Gasteiger partial charge >= 0.3 is 0 Å². The summed E-state index contributed by atoms with van der Waals surface area (Å²) in [5, 5.41) is 12.9. The van der Waals surface area contributed by atoms with Crippen LogP contribution in [-0.4, -0.2) is 24.4 Å². The molecule has 1 aliphatic rings. The Kier molecular flexibility index (Phi) is 3.96. The number of hydrogen-bond donors (Lipinski definition) is 0. The molecular weight excluding hydrogens is 357 g/mol. The quantitative estimate of drug-likeness (QED) is 0.530. The Hall–Kier alpha value is -3.09. The third kappa shape index (κ3) is 2.61. The second-order valence-corrected chi connectivity index (χ2v) is 7.59. The zero-order chi connectivity index (χ0) is 19.3. The number of benzene rings is 1. The summed E-state index contributed by atoms with van der Waals surface area (Å²) in [7, 11) is 0. The minimum absolute atomic E-state index is 0.121. The molecule has 0 bridgehead atoms. The van der Waals surface area contributed by atoms with Crippen molar-refractivity contribution in [2.24, 2.45) is 5.92 Å². The van der Waals surface area contributed by atoms with Crippen LogP contribution in [0.1, 0.15) is 38.6 Å². The van der Waals surface area contributed by atoms with Crippen molar-refractivity contribution < 1.29 is 4.39 Å². The van der Waals surface area contributed by atoms with Crippen LogP contribution in [0.15, 0.2) is 47.5 Å². The highest BCUT2D eigenvalue weighted by atomic mass is 19.1. The van der Waals surface area contributed by atoms with E-state index in [0.29, 0.717) is 22.6 Å². The summed E-state index contributed by atoms with van der Waals surface area (Å²) in [4.78, 5) is 13.1. The van der Waals surface area contributed by atoms with Crippen molar-refractivity contribution in [1.29, 1.82) is 0 Å². The highest BCUT2D eigenvalue weighted by Gasteiger charge is 2.25. The van der Waals surface area contributed by atoms with Crippen LogP contribution in [-0.2, 0) is 0 Å². The van der Waals surface area contributed by atoms with E-state index in [4.69, 9.17) is 0 Å². The molecular formula is C21H20FN5O. The highest BCUT2D eigenvalue weighted by Crippen LogP contribution is 2.33. The normalized spacial score (nSPS) is 20.1. The summed E-state index contributed by atoms with van der Waals surface area (Å²) in [6, 6.07) is 8.26. The fraction of sp³-hybridized carbons (Fsp3) is 0.333. The second kappa shape index (κ2) is 6.51. The minimum atomic E-state index is -0.297. The summed E-state index contributed by atoms with van der Waals surface area (Å²) in [6.07, 6.45) is 8.05. The van der Waals surface area contributed by atoms with Gasteiger partial charge in [-0.05, 0) is 42.5 Å². The number of aromatic nitrogens is 5. The maximum Gasteiger partial charge on any atom is 0.280 e. The van der Waals surface area contributed by atoms with Gasteiger partial charge in [0.05, 0.1) is 6.20 Å². The molecule has 0 N–H and O–H groups in total. The van der Waals surface area contributed by atoms with Gasteiger partial charge in [-0.2, -0.15) is 5.10 Å². The Balaban J connectivity index is 1.66. The van der Waals surface area contributed by atoms with Gasteiger partial charge in [-0.25, -0.2) is 8.91 Å². The molecule has 6 nitrogen and oxygen atoms in total. The van der Waals surface area contributed by atoms with Gasteiger partial charge in [0.15, 0.2) is 11.2 Å². The molecule has 28 heavy (non-hydrogen) atoms. The largest absolute Gasteiger partial charge is 0.310 e.